The van der Waals surface area contributed by atoms with Crippen molar-refractivity contribution in [1.82, 2.24) is 4.90 Å². The van der Waals surface area contributed by atoms with E-state index >= 15 is 0 Å². The summed E-state index contributed by atoms with van der Waals surface area (Å²) in [6.45, 7) is 6.66. The summed E-state index contributed by atoms with van der Waals surface area (Å²) in [7, 11) is 0. The number of benzene rings is 1. The second-order valence-electron chi connectivity index (χ2n) is 7.38. The largest absolute Gasteiger partial charge is 0.478 e. The Hall–Kier alpha value is -1.35. The SMILES string of the molecule is CC1(C)CCCC(N2CCc3c(cccc3C(=O)O)C2)C1. The molecule has 3 heteroatoms. The molecule has 1 aliphatic carbocycles. The van der Waals surface area contributed by atoms with Crippen LogP contribution in [0, 0.1) is 5.41 Å². The zero-order valence-corrected chi connectivity index (χ0v) is 13.1. The fourth-order valence-corrected chi connectivity index (χ4v) is 4.11. The molecule has 2 aliphatic rings. The zero-order chi connectivity index (χ0) is 15.0. The van der Waals surface area contributed by atoms with E-state index in [0.717, 1.165) is 25.1 Å². The lowest BCUT2D eigenvalue weighted by Gasteiger charge is -2.43. The molecule has 0 saturated heterocycles. The van der Waals surface area contributed by atoms with Crippen molar-refractivity contribution in [2.75, 3.05) is 6.54 Å². The van der Waals surface area contributed by atoms with Gasteiger partial charge in [-0.3, -0.25) is 4.90 Å². The van der Waals surface area contributed by atoms with E-state index < -0.39 is 5.97 Å². The average Bonchev–Trinajstić information content (AvgIpc) is 2.44. The monoisotopic (exact) mass is 287 g/mol. The number of hydrogen-bond donors (Lipinski definition) is 1. The summed E-state index contributed by atoms with van der Waals surface area (Å²) in [6.07, 6.45) is 6.07. The van der Waals surface area contributed by atoms with E-state index in [2.05, 4.69) is 24.8 Å². The minimum atomic E-state index is -0.793. The first-order chi connectivity index (χ1) is 9.96. The molecule has 0 aromatic heterocycles. The Balaban J connectivity index is 1.79. The highest BCUT2D eigenvalue weighted by Crippen LogP contribution is 2.38. The summed E-state index contributed by atoms with van der Waals surface area (Å²) in [6, 6.07) is 6.38. The van der Waals surface area contributed by atoms with Crippen molar-refractivity contribution < 1.29 is 9.90 Å². The van der Waals surface area contributed by atoms with Crippen LogP contribution < -0.4 is 0 Å². The first-order valence-electron chi connectivity index (χ1n) is 8.04. The van der Waals surface area contributed by atoms with Crippen molar-refractivity contribution in [3.8, 4) is 0 Å². The van der Waals surface area contributed by atoms with Crippen LogP contribution in [0.3, 0.4) is 0 Å². The van der Waals surface area contributed by atoms with Crippen molar-refractivity contribution in [1.29, 1.82) is 0 Å². The first-order valence-corrected chi connectivity index (χ1v) is 8.04. The van der Waals surface area contributed by atoms with Crippen molar-refractivity contribution >= 4 is 5.97 Å². The van der Waals surface area contributed by atoms with E-state index in [1.165, 1.54) is 31.2 Å². The Kier molecular flexibility index (Phi) is 3.78. The Morgan fingerprint density at radius 3 is 2.90 bits per heavy atom. The Morgan fingerprint density at radius 2 is 2.19 bits per heavy atom. The maximum atomic E-state index is 11.3. The van der Waals surface area contributed by atoms with Crippen LogP contribution in [-0.4, -0.2) is 28.6 Å². The van der Waals surface area contributed by atoms with Crippen molar-refractivity contribution in [3.63, 3.8) is 0 Å². The number of nitrogens with zero attached hydrogens (tertiary/aromatic N) is 1. The number of fused-ring (bicyclic) bond motifs is 1. The third-order valence-corrected chi connectivity index (χ3v) is 5.22. The minimum absolute atomic E-state index is 0.451. The first kappa shape index (κ1) is 14.6. The van der Waals surface area contributed by atoms with Gasteiger partial charge in [-0.25, -0.2) is 4.79 Å². The third-order valence-electron chi connectivity index (χ3n) is 5.22. The van der Waals surface area contributed by atoms with Gasteiger partial charge < -0.3 is 5.11 Å². The molecule has 3 rings (SSSR count). The molecule has 0 spiro atoms. The molecule has 1 saturated carbocycles. The number of rotatable bonds is 2. The highest BCUT2D eigenvalue weighted by molar-refractivity contribution is 5.89. The minimum Gasteiger partial charge on any atom is -0.478 e. The van der Waals surface area contributed by atoms with Gasteiger partial charge in [-0.2, -0.15) is 0 Å². The van der Waals surface area contributed by atoms with Crippen LogP contribution in [0.15, 0.2) is 18.2 Å². The van der Waals surface area contributed by atoms with Gasteiger partial charge in [0.05, 0.1) is 5.56 Å². The van der Waals surface area contributed by atoms with Gasteiger partial charge in [-0.05, 0) is 48.3 Å². The molecule has 0 bridgehead atoms. The lowest BCUT2D eigenvalue weighted by atomic mass is 9.74. The lowest BCUT2D eigenvalue weighted by Crippen LogP contribution is -2.43. The molecule has 21 heavy (non-hydrogen) atoms. The fourth-order valence-electron chi connectivity index (χ4n) is 4.11. The van der Waals surface area contributed by atoms with Gasteiger partial charge in [0.1, 0.15) is 0 Å². The summed E-state index contributed by atoms with van der Waals surface area (Å²) in [5.41, 5.74) is 3.21. The van der Waals surface area contributed by atoms with E-state index in [-0.39, 0.29) is 0 Å². The van der Waals surface area contributed by atoms with Crippen molar-refractivity contribution in [2.45, 2.75) is 58.5 Å². The van der Waals surface area contributed by atoms with Gasteiger partial charge in [0.25, 0.3) is 0 Å². The maximum absolute atomic E-state index is 11.3. The third kappa shape index (κ3) is 2.98. The second-order valence-corrected chi connectivity index (χ2v) is 7.38. The Labute approximate surface area is 127 Å². The highest BCUT2D eigenvalue weighted by Gasteiger charge is 2.33. The standard InChI is InChI=1S/C18H25NO2/c1-18(2)9-4-6-14(11-18)19-10-8-15-13(12-19)5-3-7-16(15)17(20)21/h3,5,7,14H,4,6,8-12H2,1-2H3,(H,20,21). The molecular formula is C18H25NO2. The van der Waals surface area contributed by atoms with Gasteiger partial charge in [0.15, 0.2) is 0 Å². The Morgan fingerprint density at radius 1 is 1.38 bits per heavy atom. The summed E-state index contributed by atoms with van der Waals surface area (Å²) in [5.74, 6) is -0.793. The van der Waals surface area contributed by atoms with Crippen LogP contribution >= 0.6 is 0 Å². The number of carbonyl (C=O) groups is 1. The van der Waals surface area contributed by atoms with Crippen molar-refractivity contribution in [3.05, 3.63) is 34.9 Å². The average molecular weight is 287 g/mol. The maximum Gasteiger partial charge on any atom is 0.335 e. The zero-order valence-electron chi connectivity index (χ0n) is 13.1. The van der Waals surface area contributed by atoms with Gasteiger partial charge in [0, 0.05) is 19.1 Å². The topological polar surface area (TPSA) is 40.5 Å². The fraction of sp³-hybridized carbons (Fsp3) is 0.611. The number of hydrogen-bond acceptors (Lipinski definition) is 2. The molecule has 0 radical (unpaired) electrons. The van der Waals surface area contributed by atoms with Gasteiger partial charge in [-0.1, -0.05) is 32.4 Å². The van der Waals surface area contributed by atoms with Crippen molar-refractivity contribution in [2.24, 2.45) is 5.41 Å². The van der Waals surface area contributed by atoms with E-state index in [0.29, 0.717) is 17.0 Å². The molecule has 1 unspecified atom stereocenters. The van der Waals surface area contributed by atoms with E-state index in [1.54, 1.807) is 6.07 Å². The van der Waals surface area contributed by atoms with Gasteiger partial charge in [-0.15, -0.1) is 0 Å². The van der Waals surface area contributed by atoms with Crippen LogP contribution in [0.25, 0.3) is 0 Å². The van der Waals surface area contributed by atoms with Gasteiger partial charge >= 0.3 is 5.97 Å². The molecular weight excluding hydrogens is 262 g/mol. The molecule has 1 atom stereocenters. The molecule has 1 heterocycles. The quantitative estimate of drug-likeness (QED) is 0.901. The smallest absolute Gasteiger partial charge is 0.335 e. The normalized spacial score (nSPS) is 25.3. The molecule has 114 valence electrons. The summed E-state index contributed by atoms with van der Waals surface area (Å²) < 4.78 is 0. The molecule has 1 aromatic carbocycles. The number of carboxylic acids is 1. The molecule has 1 fully saturated rings. The molecule has 1 aliphatic heterocycles. The summed E-state index contributed by atoms with van der Waals surface area (Å²) in [5, 5.41) is 9.31. The number of aromatic carboxylic acids is 1. The molecule has 1 N–H and O–H groups in total. The van der Waals surface area contributed by atoms with Crippen LogP contribution in [-0.2, 0) is 13.0 Å². The molecule has 3 nitrogen and oxygen atoms in total. The van der Waals surface area contributed by atoms with E-state index in [9.17, 15) is 9.90 Å². The molecule has 1 aromatic rings. The summed E-state index contributed by atoms with van der Waals surface area (Å²) >= 11 is 0. The van der Waals surface area contributed by atoms with E-state index in [1.807, 2.05) is 6.07 Å². The predicted octanol–water partition coefficient (Wildman–Crippen LogP) is 3.71. The Bertz CT molecular complexity index is 550. The van der Waals surface area contributed by atoms with Crippen LogP contribution in [0.2, 0.25) is 0 Å². The van der Waals surface area contributed by atoms with Gasteiger partial charge in [0.2, 0.25) is 0 Å². The van der Waals surface area contributed by atoms with Crippen LogP contribution in [0.5, 0.6) is 0 Å². The highest BCUT2D eigenvalue weighted by atomic mass is 16.4. The predicted molar refractivity (Wildman–Crippen MR) is 83.6 cm³/mol. The number of carboxylic acid groups (broad SMARTS) is 1. The lowest BCUT2D eigenvalue weighted by molar-refractivity contribution is 0.0690. The van der Waals surface area contributed by atoms with Crippen LogP contribution in [0.4, 0.5) is 0 Å². The van der Waals surface area contributed by atoms with Crippen LogP contribution in [0.1, 0.15) is 61.0 Å². The molecule has 0 amide bonds. The van der Waals surface area contributed by atoms with E-state index in [4.69, 9.17) is 0 Å². The second kappa shape index (κ2) is 5.45. The summed E-state index contributed by atoms with van der Waals surface area (Å²) in [4.78, 5) is 13.9.